The summed E-state index contributed by atoms with van der Waals surface area (Å²) in [5, 5.41) is 3.49. The molecule has 0 bridgehead atoms. The summed E-state index contributed by atoms with van der Waals surface area (Å²) in [6.45, 7) is 8.77. The van der Waals surface area contributed by atoms with Crippen LogP contribution in [0.3, 0.4) is 0 Å². The van der Waals surface area contributed by atoms with Crippen LogP contribution in [0, 0.1) is 5.41 Å². The molecule has 1 aliphatic carbocycles. The van der Waals surface area contributed by atoms with Gasteiger partial charge < -0.3 is 5.32 Å². The summed E-state index contributed by atoms with van der Waals surface area (Å²) in [5.41, 5.74) is 0.561. The summed E-state index contributed by atoms with van der Waals surface area (Å²) >= 11 is 0. The predicted molar refractivity (Wildman–Crippen MR) is 65.7 cm³/mol. The van der Waals surface area contributed by atoms with Crippen molar-refractivity contribution >= 4 is 0 Å². The van der Waals surface area contributed by atoms with Crippen LogP contribution in [-0.2, 0) is 0 Å². The van der Waals surface area contributed by atoms with Crippen LogP contribution in [0.15, 0.2) is 0 Å². The Hall–Kier alpha value is -0.0400. The third-order valence-electron chi connectivity index (χ3n) is 3.74. The van der Waals surface area contributed by atoms with Crippen molar-refractivity contribution in [3.05, 3.63) is 0 Å². The fraction of sp³-hybridized carbons (Fsp3) is 1.00. The van der Waals surface area contributed by atoms with Crippen molar-refractivity contribution < 1.29 is 0 Å². The Balaban J connectivity index is 0.000000791. The van der Waals surface area contributed by atoms with Crippen molar-refractivity contribution in [1.82, 2.24) is 5.32 Å². The van der Waals surface area contributed by atoms with Crippen LogP contribution in [0.25, 0.3) is 0 Å². The highest BCUT2D eigenvalue weighted by atomic mass is 14.9. The number of nitrogens with one attached hydrogen (secondary N) is 1. The lowest BCUT2D eigenvalue weighted by Crippen LogP contribution is -2.40. The Morgan fingerprint density at radius 2 is 1.86 bits per heavy atom. The maximum atomic E-state index is 3.49. The van der Waals surface area contributed by atoms with Gasteiger partial charge in [0.2, 0.25) is 0 Å². The lowest BCUT2D eigenvalue weighted by Gasteiger charge is -2.35. The first-order chi connectivity index (χ1) is 6.73. The Labute approximate surface area is 90.7 Å². The molecule has 0 spiro atoms. The monoisotopic (exact) mass is 199 g/mol. The molecule has 0 aromatic rings. The topological polar surface area (TPSA) is 12.0 Å². The van der Waals surface area contributed by atoms with E-state index in [-0.39, 0.29) is 0 Å². The maximum absolute atomic E-state index is 3.49. The first-order valence-electron chi connectivity index (χ1n) is 6.40. The highest BCUT2D eigenvalue weighted by molar-refractivity contribution is 4.87. The first kappa shape index (κ1) is 14.0. The SMILES string of the molecule is CC.CCC1(C)CCCCCC1NC. The van der Waals surface area contributed by atoms with Gasteiger partial charge in [-0.25, -0.2) is 0 Å². The quantitative estimate of drug-likeness (QED) is 0.663. The average Bonchev–Trinajstić information content (AvgIpc) is 2.43. The molecule has 1 heteroatoms. The molecule has 1 saturated carbocycles. The molecule has 0 aromatic heterocycles. The summed E-state index contributed by atoms with van der Waals surface area (Å²) in [6.07, 6.45) is 8.39. The molecule has 14 heavy (non-hydrogen) atoms. The lowest BCUT2D eigenvalue weighted by molar-refractivity contribution is 0.198. The number of rotatable bonds is 2. The zero-order valence-corrected chi connectivity index (χ0v) is 10.8. The van der Waals surface area contributed by atoms with Crippen LogP contribution in [0.2, 0.25) is 0 Å². The number of hydrogen-bond acceptors (Lipinski definition) is 1. The van der Waals surface area contributed by atoms with Crippen LogP contribution in [0.1, 0.15) is 66.2 Å². The minimum atomic E-state index is 0.561. The zero-order chi connectivity index (χ0) is 11.0. The third kappa shape index (κ3) is 3.61. The van der Waals surface area contributed by atoms with Crippen LogP contribution in [-0.4, -0.2) is 13.1 Å². The zero-order valence-electron chi connectivity index (χ0n) is 10.8. The maximum Gasteiger partial charge on any atom is 0.0118 e. The summed E-state index contributed by atoms with van der Waals surface area (Å²) < 4.78 is 0. The molecule has 86 valence electrons. The van der Waals surface area contributed by atoms with Gasteiger partial charge in [0.25, 0.3) is 0 Å². The van der Waals surface area contributed by atoms with Gasteiger partial charge in [0.05, 0.1) is 0 Å². The molecule has 1 nitrogen and oxygen atoms in total. The van der Waals surface area contributed by atoms with Crippen LogP contribution >= 0.6 is 0 Å². The van der Waals surface area contributed by atoms with Gasteiger partial charge in [-0.2, -0.15) is 0 Å². The first-order valence-corrected chi connectivity index (χ1v) is 6.40. The van der Waals surface area contributed by atoms with Crippen LogP contribution in [0.4, 0.5) is 0 Å². The lowest BCUT2D eigenvalue weighted by atomic mass is 9.76. The van der Waals surface area contributed by atoms with E-state index in [4.69, 9.17) is 0 Å². The highest BCUT2D eigenvalue weighted by Crippen LogP contribution is 2.37. The summed E-state index contributed by atoms with van der Waals surface area (Å²) in [6, 6.07) is 0.755. The van der Waals surface area contributed by atoms with E-state index in [1.807, 2.05) is 13.8 Å². The second-order valence-corrected chi connectivity index (χ2v) is 4.45. The van der Waals surface area contributed by atoms with E-state index in [2.05, 4.69) is 26.2 Å². The molecule has 0 aliphatic heterocycles. The van der Waals surface area contributed by atoms with E-state index in [9.17, 15) is 0 Å². The van der Waals surface area contributed by atoms with E-state index >= 15 is 0 Å². The molecule has 0 saturated heterocycles. The van der Waals surface area contributed by atoms with Crippen molar-refractivity contribution in [3.63, 3.8) is 0 Å². The Bertz CT molecular complexity index is 133. The van der Waals surface area contributed by atoms with Gasteiger partial charge in [0.15, 0.2) is 0 Å². The Kier molecular flexibility index (Phi) is 7.26. The Morgan fingerprint density at radius 3 is 2.36 bits per heavy atom. The molecular formula is C13H29N. The van der Waals surface area contributed by atoms with Crippen molar-refractivity contribution in [2.45, 2.75) is 72.3 Å². The summed E-state index contributed by atoms with van der Waals surface area (Å²) in [7, 11) is 2.11. The van der Waals surface area contributed by atoms with E-state index in [0.29, 0.717) is 5.41 Å². The molecular weight excluding hydrogens is 170 g/mol. The normalized spacial score (nSPS) is 32.8. The smallest absolute Gasteiger partial charge is 0.0118 e. The molecule has 0 heterocycles. The van der Waals surface area contributed by atoms with Crippen molar-refractivity contribution in [2.24, 2.45) is 5.41 Å². The van der Waals surface area contributed by atoms with Crippen molar-refractivity contribution in [3.8, 4) is 0 Å². The molecule has 1 rings (SSSR count). The summed E-state index contributed by atoms with van der Waals surface area (Å²) in [4.78, 5) is 0. The minimum Gasteiger partial charge on any atom is -0.316 e. The molecule has 1 fully saturated rings. The highest BCUT2D eigenvalue weighted by Gasteiger charge is 2.32. The van der Waals surface area contributed by atoms with Gasteiger partial charge in [-0.15, -0.1) is 0 Å². The second-order valence-electron chi connectivity index (χ2n) is 4.45. The molecule has 0 aromatic carbocycles. The molecule has 0 amide bonds. The largest absolute Gasteiger partial charge is 0.316 e. The molecule has 2 unspecified atom stereocenters. The van der Waals surface area contributed by atoms with Crippen molar-refractivity contribution in [1.29, 1.82) is 0 Å². The third-order valence-corrected chi connectivity index (χ3v) is 3.74. The summed E-state index contributed by atoms with van der Waals surface area (Å²) in [5.74, 6) is 0. The predicted octanol–water partition coefficient (Wildman–Crippen LogP) is 3.98. The van der Waals surface area contributed by atoms with E-state index in [1.165, 1.54) is 38.5 Å². The van der Waals surface area contributed by atoms with Gasteiger partial charge in [-0.1, -0.05) is 47.0 Å². The van der Waals surface area contributed by atoms with Gasteiger partial charge in [-0.05, 0) is 31.7 Å². The fourth-order valence-electron chi connectivity index (χ4n) is 2.49. The fourth-order valence-corrected chi connectivity index (χ4v) is 2.49. The van der Waals surface area contributed by atoms with Crippen LogP contribution in [0.5, 0.6) is 0 Å². The van der Waals surface area contributed by atoms with Crippen molar-refractivity contribution in [2.75, 3.05) is 7.05 Å². The molecule has 2 atom stereocenters. The second kappa shape index (κ2) is 7.28. The van der Waals surface area contributed by atoms with Gasteiger partial charge in [-0.3, -0.25) is 0 Å². The Morgan fingerprint density at radius 1 is 1.21 bits per heavy atom. The van der Waals surface area contributed by atoms with E-state index in [1.54, 1.807) is 0 Å². The van der Waals surface area contributed by atoms with E-state index in [0.717, 1.165) is 6.04 Å². The molecule has 1 aliphatic rings. The van der Waals surface area contributed by atoms with Crippen LogP contribution < -0.4 is 5.32 Å². The molecule has 0 radical (unpaired) electrons. The van der Waals surface area contributed by atoms with Gasteiger partial charge in [0.1, 0.15) is 0 Å². The average molecular weight is 199 g/mol. The molecule has 1 N–H and O–H groups in total. The minimum absolute atomic E-state index is 0.561. The number of hydrogen-bond donors (Lipinski definition) is 1. The van der Waals surface area contributed by atoms with E-state index < -0.39 is 0 Å². The standard InChI is InChI=1S/C11H23N.C2H6/c1-4-11(2)9-7-5-6-8-10(11)12-3;1-2/h10,12H,4-9H2,1-3H3;1-2H3. The van der Waals surface area contributed by atoms with Gasteiger partial charge >= 0.3 is 0 Å². The van der Waals surface area contributed by atoms with Gasteiger partial charge in [0, 0.05) is 6.04 Å².